The Bertz CT molecular complexity index is 1070. The summed E-state index contributed by atoms with van der Waals surface area (Å²) in [6.07, 6.45) is 0. The maximum Gasteiger partial charge on any atom is 0.255 e. The molecule has 0 spiro atoms. The Morgan fingerprint density at radius 3 is 2.12 bits per heavy atom. The van der Waals surface area contributed by atoms with Crippen LogP contribution in [0.15, 0.2) is 66.7 Å². The lowest BCUT2D eigenvalue weighted by molar-refractivity contribution is 0.0979. The number of hydrogen-bond donors (Lipinski definition) is 2. The number of anilines is 2. The lowest BCUT2D eigenvalue weighted by atomic mass is 9.82. The predicted molar refractivity (Wildman–Crippen MR) is 98.6 cm³/mol. The van der Waals surface area contributed by atoms with Gasteiger partial charge >= 0.3 is 0 Å². The highest BCUT2D eigenvalue weighted by atomic mass is 16.2. The van der Waals surface area contributed by atoms with Gasteiger partial charge in [0.25, 0.3) is 5.91 Å². The fourth-order valence-corrected chi connectivity index (χ4v) is 3.16. The van der Waals surface area contributed by atoms with Gasteiger partial charge in [-0.05, 0) is 24.3 Å². The second-order valence-corrected chi connectivity index (χ2v) is 5.98. The van der Waals surface area contributed by atoms with Crippen LogP contribution in [0.1, 0.15) is 42.2 Å². The van der Waals surface area contributed by atoms with E-state index in [2.05, 4.69) is 5.32 Å². The summed E-state index contributed by atoms with van der Waals surface area (Å²) in [5.74, 6) is -1.000. The SMILES string of the molecule is Nc1cccc2c1C(=O)c1c(NC(=O)c3ccccc3)cccc1C2=O. The number of hydrogen-bond acceptors (Lipinski definition) is 4. The number of fused-ring (bicyclic) bond motifs is 2. The van der Waals surface area contributed by atoms with Gasteiger partial charge in [-0.25, -0.2) is 0 Å². The van der Waals surface area contributed by atoms with Gasteiger partial charge in [0.2, 0.25) is 0 Å². The number of ketones is 2. The molecule has 5 nitrogen and oxygen atoms in total. The number of nitrogens with one attached hydrogen (secondary N) is 1. The molecule has 0 saturated carbocycles. The Balaban J connectivity index is 1.82. The lowest BCUT2D eigenvalue weighted by Gasteiger charge is -2.21. The third-order valence-electron chi connectivity index (χ3n) is 4.39. The van der Waals surface area contributed by atoms with E-state index >= 15 is 0 Å². The van der Waals surface area contributed by atoms with Crippen molar-refractivity contribution in [2.45, 2.75) is 0 Å². The van der Waals surface area contributed by atoms with E-state index in [0.29, 0.717) is 11.3 Å². The number of benzene rings is 3. The summed E-state index contributed by atoms with van der Waals surface area (Å²) in [4.78, 5) is 38.3. The normalized spacial score (nSPS) is 12.3. The fourth-order valence-electron chi connectivity index (χ4n) is 3.16. The molecule has 0 aromatic heterocycles. The first kappa shape index (κ1) is 15.8. The zero-order valence-electron chi connectivity index (χ0n) is 13.7. The van der Waals surface area contributed by atoms with Gasteiger partial charge in [0.05, 0.1) is 16.8 Å². The topological polar surface area (TPSA) is 89.3 Å². The van der Waals surface area contributed by atoms with Crippen LogP contribution < -0.4 is 11.1 Å². The van der Waals surface area contributed by atoms with Crippen LogP contribution in [0.2, 0.25) is 0 Å². The van der Waals surface area contributed by atoms with Crippen LogP contribution in [-0.4, -0.2) is 17.5 Å². The van der Waals surface area contributed by atoms with Crippen molar-refractivity contribution < 1.29 is 14.4 Å². The number of carbonyl (C=O) groups is 3. The molecular weight excluding hydrogens is 328 g/mol. The Hall–Kier alpha value is -3.73. The van der Waals surface area contributed by atoms with Gasteiger partial charge in [0.15, 0.2) is 11.6 Å². The van der Waals surface area contributed by atoms with Crippen LogP contribution in [0.5, 0.6) is 0 Å². The quantitative estimate of drug-likeness (QED) is 0.547. The molecule has 0 aliphatic heterocycles. The third-order valence-corrected chi connectivity index (χ3v) is 4.39. The summed E-state index contributed by atoms with van der Waals surface area (Å²) in [5.41, 5.74) is 7.84. The number of nitrogens with two attached hydrogens (primary N) is 1. The van der Waals surface area contributed by atoms with E-state index in [-0.39, 0.29) is 45.4 Å². The number of carbonyl (C=O) groups excluding carboxylic acids is 3. The molecule has 0 atom stereocenters. The average Bonchev–Trinajstić information content (AvgIpc) is 2.66. The summed E-state index contributed by atoms with van der Waals surface area (Å²) in [6, 6.07) is 18.3. The van der Waals surface area contributed by atoms with Crippen molar-refractivity contribution in [3.05, 3.63) is 94.5 Å². The number of rotatable bonds is 2. The first-order valence-electron chi connectivity index (χ1n) is 8.05. The van der Waals surface area contributed by atoms with Crippen LogP contribution in [0.4, 0.5) is 11.4 Å². The Morgan fingerprint density at radius 2 is 1.38 bits per heavy atom. The van der Waals surface area contributed by atoms with E-state index in [1.165, 1.54) is 0 Å². The summed E-state index contributed by atoms with van der Waals surface area (Å²) < 4.78 is 0. The van der Waals surface area contributed by atoms with Crippen molar-refractivity contribution in [3.8, 4) is 0 Å². The minimum atomic E-state index is -0.364. The van der Waals surface area contributed by atoms with Crippen molar-refractivity contribution in [2.75, 3.05) is 11.1 Å². The highest BCUT2D eigenvalue weighted by Crippen LogP contribution is 2.34. The van der Waals surface area contributed by atoms with E-state index in [1.54, 1.807) is 60.7 Å². The molecule has 0 radical (unpaired) electrons. The highest BCUT2D eigenvalue weighted by Gasteiger charge is 2.33. The molecule has 1 amide bonds. The highest BCUT2D eigenvalue weighted by molar-refractivity contribution is 6.32. The molecule has 0 unspecified atom stereocenters. The van der Waals surface area contributed by atoms with Crippen LogP contribution in [0, 0.1) is 0 Å². The second kappa shape index (κ2) is 5.97. The van der Waals surface area contributed by atoms with Gasteiger partial charge in [-0.3, -0.25) is 14.4 Å². The van der Waals surface area contributed by atoms with Crippen LogP contribution in [0.25, 0.3) is 0 Å². The van der Waals surface area contributed by atoms with Gasteiger partial charge in [0.1, 0.15) is 0 Å². The van der Waals surface area contributed by atoms with Gasteiger partial charge < -0.3 is 11.1 Å². The zero-order chi connectivity index (χ0) is 18.3. The number of amides is 1. The van der Waals surface area contributed by atoms with Crippen molar-refractivity contribution in [1.29, 1.82) is 0 Å². The van der Waals surface area contributed by atoms with E-state index in [1.807, 2.05) is 6.07 Å². The van der Waals surface area contributed by atoms with Crippen molar-refractivity contribution >= 4 is 28.8 Å². The van der Waals surface area contributed by atoms with E-state index in [4.69, 9.17) is 5.73 Å². The first-order valence-corrected chi connectivity index (χ1v) is 8.05. The zero-order valence-corrected chi connectivity index (χ0v) is 13.7. The summed E-state index contributed by atoms with van der Waals surface area (Å²) in [6.45, 7) is 0. The second-order valence-electron chi connectivity index (χ2n) is 5.98. The minimum Gasteiger partial charge on any atom is -0.398 e. The monoisotopic (exact) mass is 342 g/mol. The first-order chi connectivity index (χ1) is 12.6. The fraction of sp³-hybridized carbons (Fsp3) is 0. The molecule has 1 aliphatic rings. The summed E-state index contributed by atoms with van der Waals surface area (Å²) in [7, 11) is 0. The molecule has 0 saturated heterocycles. The number of nitrogen functional groups attached to an aromatic ring is 1. The van der Waals surface area contributed by atoms with Crippen LogP contribution in [0.3, 0.4) is 0 Å². The van der Waals surface area contributed by atoms with E-state index in [0.717, 1.165) is 0 Å². The summed E-state index contributed by atoms with van der Waals surface area (Å²) >= 11 is 0. The molecule has 3 aromatic carbocycles. The Kier molecular flexibility index (Phi) is 3.62. The molecule has 1 aliphatic carbocycles. The van der Waals surface area contributed by atoms with Crippen LogP contribution >= 0.6 is 0 Å². The van der Waals surface area contributed by atoms with Gasteiger partial charge in [-0.15, -0.1) is 0 Å². The molecule has 26 heavy (non-hydrogen) atoms. The van der Waals surface area contributed by atoms with Crippen molar-refractivity contribution in [2.24, 2.45) is 0 Å². The standard InChI is InChI=1S/C21H14N2O3/c22-15-10-4-8-13-17(15)20(25)18-14(19(13)24)9-5-11-16(18)23-21(26)12-6-2-1-3-7-12/h1-11H,22H2,(H,23,26). The molecule has 0 heterocycles. The molecular formula is C21H14N2O3. The molecule has 126 valence electrons. The van der Waals surface area contributed by atoms with Gasteiger partial charge in [-0.1, -0.05) is 42.5 Å². The van der Waals surface area contributed by atoms with E-state index in [9.17, 15) is 14.4 Å². The summed E-state index contributed by atoms with van der Waals surface area (Å²) in [5, 5.41) is 2.73. The Morgan fingerprint density at radius 1 is 0.731 bits per heavy atom. The maximum atomic E-state index is 13.0. The third kappa shape index (κ3) is 2.38. The van der Waals surface area contributed by atoms with Gasteiger partial charge in [0, 0.05) is 22.4 Å². The van der Waals surface area contributed by atoms with Crippen molar-refractivity contribution in [1.82, 2.24) is 0 Å². The molecule has 4 rings (SSSR count). The molecule has 5 heteroatoms. The minimum absolute atomic E-state index is 0.173. The largest absolute Gasteiger partial charge is 0.398 e. The lowest BCUT2D eigenvalue weighted by Crippen LogP contribution is -2.25. The maximum absolute atomic E-state index is 13.0. The van der Waals surface area contributed by atoms with E-state index < -0.39 is 0 Å². The van der Waals surface area contributed by atoms with Crippen molar-refractivity contribution in [3.63, 3.8) is 0 Å². The molecule has 3 N–H and O–H groups in total. The van der Waals surface area contributed by atoms with Gasteiger partial charge in [-0.2, -0.15) is 0 Å². The average molecular weight is 342 g/mol. The molecule has 3 aromatic rings. The molecule has 0 bridgehead atoms. The van der Waals surface area contributed by atoms with Crippen LogP contribution in [-0.2, 0) is 0 Å². The Labute approximate surface area is 149 Å². The smallest absolute Gasteiger partial charge is 0.255 e. The molecule has 0 fully saturated rings. The predicted octanol–water partition coefficient (Wildman–Crippen LogP) is 3.30.